The molecule has 6 aliphatic rings. The molecule has 0 N–H and O–H groups in total. The molecule has 4 heteroatoms. The zero-order chi connectivity index (χ0) is 38.4. The lowest BCUT2D eigenvalue weighted by atomic mass is 9.45. The van der Waals surface area contributed by atoms with E-state index < -0.39 is 0 Å². The number of piperidine rings is 1. The lowest BCUT2D eigenvalue weighted by molar-refractivity contribution is -0.216. The Bertz CT molecular complexity index is 1170. The lowest BCUT2D eigenvalue weighted by Crippen LogP contribution is -2.62. The van der Waals surface area contributed by atoms with Crippen LogP contribution < -0.4 is 0 Å². The summed E-state index contributed by atoms with van der Waals surface area (Å²) in [5, 5.41) is 0. The summed E-state index contributed by atoms with van der Waals surface area (Å²) in [5.41, 5.74) is 2.31. The zero-order valence-corrected chi connectivity index (χ0v) is 37.2. The first-order chi connectivity index (χ1) is 26.1. The zero-order valence-electron chi connectivity index (χ0n) is 37.2. The minimum atomic E-state index is -0.189. The van der Waals surface area contributed by atoms with Gasteiger partial charge in [-0.3, -0.25) is 4.90 Å². The van der Waals surface area contributed by atoms with Crippen molar-refractivity contribution in [1.29, 1.82) is 0 Å². The van der Waals surface area contributed by atoms with E-state index in [-0.39, 0.29) is 23.5 Å². The lowest BCUT2D eigenvalue weighted by Gasteiger charge is -2.63. The second kappa shape index (κ2) is 19.1. The van der Waals surface area contributed by atoms with E-state index >= 15 is 0 Å². The van der Waals surface area contributed by atoms with Crippen LogP contribution in [0.2, 0.25) is 0 Å². The van der Waals surface area contributed by atoms with Gasteiger partial charge in [0.1, 0.15) is 0 Å². The molecule has 5 unspecified atom stereocenters. The molecule has 5 fully saturated rings. The van der Waals surface area contributed by atoms with E-state index in [1.165, 1.54) is 148 Å². The summed E-state index contributed by atoms with van der Waals surface area (Å²) in [6.45, 7) is 22.7. The van der Waals surface area contributed by atoms with Crippen LogP contribution in [0.4, 0.5) is 0 Å². The molecule has 0 amide bonds. The SMILES string of the molecule is CCCCCCCCOC1([C@H](C)OC(CCCCC)CCOC23CC=C4CCCC[C@]4(C)[C@H]2CC[C@]2(C)[C@@H]([C@H](C)CCCC(C)C)CC[C@@H]32)C2CCCN21. The summed E-state index contributed by atoms with van der Waals surface area (Å²) < 4.78 is 21.9. The van der Waals surface area contributed by atoms with Gasteiger partial charge in [-0.05, 0) is 131 Å². The monoisotopic (exact) mass is 752 g/mol. The van der Waals surface area contributed by atoms with Crippen molar-refractivity contribution in [2.75, 3.05) is 19.8 Å². The molecular formula is C50H89NO3. The number of ether oxygens (including phenoxy) is 3. The molecule has 0 radical (unpaired) electrons. The first kappa shape index (κ1) is 43.2. The standard InChI is InChI=1S/C50H89NO3/c1-9-11-13-14-15-19-36-53-50(46-26-21-35-51(46)50)40(6)54-42(25-16-12-10-2)31-37-52-49-34-29-41-24-17-18-32-47(41,7)45(49)30-33-48(8)43(27-28-44(48)49)39(5)23-20-22-38(3)4/h29,38-40,42-46H,9-28,30-37H2,1-8H3/t39-,40+,42?,43-,44-,45-,46?,47+,48-,49?,50?,51?/m1/s1. The second-order valence-corrected chi connectivity index (χ2v) is 20.9. The topological polar surface area (TPSA) is 30.7 Å². The van der Waals surface area contributed by atoms with Crippen LogP contribution in [0.1, 0.15) is 216 Å². The van der Waals surface area contributed by atoms with E-state index in [1.54, 1.807) is 5.57 Å². The number of nitrogens with zero attached hydrogens (tertiary/aromatic N) is 1. The molecule has 0 aromatic heterocycles. The van der Waals surface area contributed by atoms with Crippen molar-refractivity contribution in [1.82, 2.24) is 4.90 Å². The Morgan fingerprint density at radius 2 is 1.50 bits per heavy atom. The van der Waals surface area contributed by atoms with Crippen molar-refractivity contribution in [2.24, 2.45) is 40.4 Å². The molecule has 54 heavy (non-hydrogen) atoms. The molecule has 12 atom stereocenters. The molecule has 0 aromatic carbocycles. The predicted molar refractivity (Wildman–Crippen MR) is 228 cm³/mol. The molecule has 2 heterocycles. The summed E-state index contributed by atoms with van der Waals surface area (Å²) in [6.07, 6.45) is 35.9. The number of fused-ring (bicyclic) bond motifs is 6. The van der Waals surface area contributed by atoms with Crippen molar-refractivity contribution in [3.8, 4) is 0 Å². The predicted octanol–water partition coefficient (Wildman–Crippen LogP) is 13.9. The number of hydrogen-bond acceptors (Lipinski definition) is 4. The number of rotatable bonds is 24. The molecule has 2 aliphatic heterocycles. The Labute approximate surface area is 335 Å². The summed E-state index contributed by atoms with van der Waals surface area (Å²) in [4.78, 5) is 2.65. The maximum absolute atomic E-state index is 7.76. The fourth-order valence-electron chi connectivity index (χ4n) is 14.2. The number of hydrogen-bond donors (Lipinski definition) is 0. The van der Waals surface area contributed by atoms with E-state index in [1.807, 2.05) is 0 Å². The van der Waals surface area contributed by atoms with Gasteiger partial charge in [-0.1, -0.05) is 137 Å². The van der Waals surface area contributed by atoms with E-state index in [4.69, 9.17) is 14.2 Å². The second-order valence-electron chi connectivity index (χ2n) is 20.9. The molecular weight excluding hydrogens is 663 g/mol. The Balaban J connectivity index is 1.16. The van der Waals surface area contributed by atoms with Crippen LogP contribution in [0.15, 0.2) is 11.6 Å². The highest BCUT2D eigenvalue weighted by Crippen LogP contribution is 2.70. The van der Waals surface area contributed by atoms with Crippen molar-refractivity contribution in [3.63, 3.8) is 0 Å². The molecule has 2 saturated heterocycles. The summed E-state index contributed by atoms with van der Waals surface area (Å²) in [5.74, 6) is 3.81. The molecule has 6 rings (SSSR count). The summed E-state index contributed by atoms with van der Waals surface area (Å²) in [7, 11) is 0. The van der Waals surface area contributed by atoms with Crippen LogP contribution >= 0.6 is 0 Å². The first-order valence-corrected chi connectivity index (χ1v) is 24.5. The molecule has 4 aliphatic carbocycles. The molecule has 0 bridgehead atoms. The van der Waals surface area contributed by atoms with Gasteiger partial charge in [0.2, 0.25) is 0 Å². The van der Waals surface area contributed by atoms with Crippen molar-refractivity contribution < 1.29 is 14.2 Å². The Morgan fingerprint density at radius 3 is 2.26 bits per heavy atom. The van der Waals surface area contributed by atoms with Gasteiger partial charge in [0.05, 0.1) is 23.9 Å². The summed E-state index contributed by atoms with van der Waals surface area (Å²) >= 11 is 0. The fourth-order valence-corrected chi connectivity index (χ4v) is 14.2. The van der Waals surface area contributed by atoms with Gasteiger partial charge in [-0.15, -0.1) is 0 Å². The largest absolute Gasteiger partial charge is 0.374 e. The van der Waals surface area contributed by atoms with E-state index in [0.29, 0.717) is 28.7 Å². The third kappa shape index (κ3) is 8.78. The molecule has 0 aromatic rings. The quantitative estimate of drug-likeness (QED) is 0.0558. The minimum Gasteiger partial charge on any atom is -0.374 e. The molecule has 3 saturated carbocycles. The van der Waals surface area contributed by atoms with Crippen molar-refractivity contribution >= 4 is 0 Å². The third-order valence-corrected chi connectivity index (χ3v) is 17.1. The maximum atomic E-state index is 7.76. The van der Waals surface area contributed by atoms with Gasteiger partial charge in [-0.25, -0.2) is 0 Å². The van der Waals surface area contributed by atoms with E-state index in [2.05, 4.69) is 66.4 Å². The van der Waals surface area contributed by atoms with Gasteiger partial charge >= 0.3 is 0 Å². The molecule has 4 nitrogen and oxygen atoms in total. The first-order valence-electron chi connectivity index (χ1n) is 24.5. The van der Waals surface area contributed by atoms with Gasteiger partial charge in [0, 0.05) is 19.8 Å². The van der Waals surface area contributed by atoms with Crippen molar-refractivity contribution in [3.05, 3.63) is 11.6 Å². The Hall–Kier alpha value is -0.420. The van der Waals surface area contributed by atoms with Gasteiger partial charge in [0.25, 0.3) is 0 Å². The smallest absolute Gasteiger partial charge is 0.163 e. The highest BCUT2D eigenvalue weighted by molar-refractivity contribution is 5.29. The Kier molecular flexibility index (Phi) is 15.3. The highest BCUT2D eigenvalue weighted by atomic mass is 16.6. The van der Waals surface area contributed by atoms with Gasteiger partial charge in [-0.2, -0.15) is 0 Å². The van der Waals surface area contributed by atoms with Crippen LogP contribution in [-0.4, -0.2) is 54.2 Å². The van der Waals surface area contributed by atoms with Crippen molar-refractivity contribution in [2.45, 2.75) is 245 Å². The summed E-state index contributed by atoms with van der Waals surface area (Å²) in [6, 6.07) is 0.558. The van der Waals surface area contributed by atoms with Crippen LogP contribution in [0.3, 0.4) is 0 Å². The van der Waals surface area contributed by atoms with E-state index in [9.17, 15) is 0 Å². The van der Waals surface area contributed by atoms with Crippen LogP contribution in [0.5, 0.6) is 0 Å². The normalized spacial score (nSPS) is 38.7. The molecule has 0 spiro atoms. The van der Waals surface area contributed by atoms with Crippen LogP contribution in [0.25, 0.3) is 0 Å². The van der Waals surface area contributed by atoms with Gasteiger partial charge in [0.15, 0.2) is 5.72 Å². The maximum Gasteiger partial charge on any atom is 0.163 e. The molecule has 312 valence electrons. The van der Waals surface area contributed by atoms with Gasteiger partial charge < -0.3 is 14.2 Å². The average Bonchev–Trinajstić information content (AvgIpc) is 3.41. The van der Waals surface area contributed by atoms with E-state index in [0.717, 1.165) is 50.2 Å². The minimum absolute atomic E-state index is 0.0186. The Morgan fingerprint density at radius 1 is 0.722 bits per heavy atom. The third-order valence-electron chi connectivity index (χ3n) is 17.1. The fraction of sp³-hybridized carbons (Fsp3) is 0.960. The number of unbranched alkanes of at least 4 members (excludes halogenated alkanes) is 7. The van der Waals surface area contributed by atoms with Crippen LogP contribution in [0, 0.1) is 40.4 Å². The highest BCUT2D eigenvalue weighted by Gasteiger charge is 2.69. The van der Waals surface area contributed by atoms with Crippen LogP contribution in [-0.2, 0) is 14.2 Å². The number of allylic oxidation sites excluding steroid dienone is 1. The average molecular weight is 752 g/mol.